The Kier molecular flexibility index (Phi) is 6.42. The van der Waals surface area contributed by atoms with E-state index in [0.717, 1.165) is 0 Å². The molecule has 0 aromatic carbocycles. The van der Waals surface area contributed by atoms with Crippen molar-refractivity contribution in [3.05, 3.63) is 24.8 Å². The molecule has 0 aliphatic carbocycles. The average molecular weight is 272 g/mol. The zero-order valence-electron chi connectivity index (χ0n) is 12.4. The van der Waals surface area contributed by atoms with E-state index < -0.39 is 23.6 Å². The van der Waals surface area contributed by atoms with Crippen molar-refractivity contribution in [3.8, 4) is 0 Å². The average Bonchev–Trinajstić information content (AvgIpc) is 2.22. The van der Waals surface area contributed by atoms with Crippen LogP contribution in [0.1, 0.15) is 34.6 Å². The van der Waals surface area contributed by atoms with Crippen molar-refractivity contribution in [1.82, 2.24) is 0 Å². The quantitative estimate of drug-likeness (QED) is 0.317. The first kappa shape index (κ1) is 17.8. The minimum Gasteiger partial charge on any atom is -0.460 e. The number of ether oxygens (including phenoxy) is 3. The number of hydrogen-bond acceptors (Lipinski definition) is 5. The van der Waals surface area contributed by atoms with Gasteiger partial charge in [-0.15, -0.1) is 0 Å². The summed E-state index contributed by atoms with van der Waals surface area (Å²) in [6.07, 6.45) is 1.01. The van der Waals surface area contributed by atoms with Gasteiger partial charge in [0.05, 0.1) is 6.10 Å². The van der Waals surface area contributed by atoms with Crippen molar-refractivity contribution in [2.75, 3.05) is 6.61 Å². The van der Waals surface area contributed by atoms with Crippen LogP contribution in [0.4, 0.5) is 0 Å². The Bertz CT molecular complexity index is 342. The molecule has 0 saturated heterocycles. The monoisotopic (exact) mass is 272 g/mol. The molecule has 0 heterocycles. The highest BCUT2D eigenvalue weighted by Gasteiger charge is 2.31. The fourth-order valence-corrected chi connectivity index (χ4v) is 1.36. The summed E-state index contributed by atoms with van der Waals surface area (Å²) < 4.78 is 15.9. The first-order chi connectivity index (χ1) is 8.49. The van der Waals surface area contributed by atoms with Gasteiger partial charge in [0.2, 0.25) is 0 Å². The minimum absolute atomic E-state index is 0.0599. The van der Waals surface area contributed by atoms with Crippen LogP contribution in [0.15, 0.2) is 24.8 Å². The van der Waals surface area contributed by atoms with Gasteiger partial charge in [0.1, 0.15) is 6.61 Å². The standard InChI is InChI=1S/C14H24O5/c1-8-14(7,19-13(5,6)16)18-11(4)9-17-12(15)10(2)3/h8,11,16H,1-2,9H2,3-7H3. The molecule has 5 nitrogen and oxygen atoms in total. The number of aliphatic hydroxyl groups is 1. The highest BCUT2D eigenvalue weighted by molar-refractivity contribution is 5.86. The van der Waals surface area contributed by atoms with Crippen molar-refractivity contribution < 1.29 is 24.1 Å². The molecule has 110 valence electrons. The molecule has 1 N–H and O–H groups in total. The summed E-state index contributed by atoms with van der Waals surface area (Å²) in [5, 5.41) is 9.64. The van der Waals surface area contributed by atoms with E-state index in [-0.39, 0.29) is 6.61 Å². The molecule has 0 radical (unpaired) electrons. The molecule has 2 unspecified atom stereocenters. The lowest BCUT2D eigenvalue weighted by molar-refractivity contribution is -0.318. The normalized spacial score (nSPS) is 16.3. The smallest absolute Gasteiger partial charge is 0.333 e. The van der Waals surface area contributed by atoms with Crippen LogP contribution < -0.4 is 0 Å². The molecule has 0 spiro atoms. The third-order valence-electron chi connectivity index (χ3n) is 2.06. The Hall–Kier alpha value is -1.17. The molecule has 0 fully saturated rings. The summed E-state index contributed by atoms with van der Waals surface area (Å²) >= 11 is 0. The van der Waals surface area contributed by atoms with Crippen LogP contribution in [-0.4, -0.2) is 35.4 Å². The second-order valence-corrected chi connectivity index (χ2v) is 5.08. The van der Waals surface area contributed by atoms with E-state index in [4.69, 9.17) is 14.2 Å². The Balaban J connectivity index is 4.42. The highest BCUT2D eigenvalue weighted by atomic mass is 16.8. The van der Waals surface area contributed by atoms with Crippen LogP contribution in [0.2, 0.25) is 0 Å². The Labute approximate surface area is 114 Å². The first-order valence-corrected chi connectivity index (χ1v) is 6.05. The highest BCUT2D eigenvalue weighted by Crippen LogP contribution is 2.22. The van der Waals surface area contributed by atoms with Gasteiger partial charge in [0.25, 0.3) is 0 Å². The van der Waals surface area contributed by atoms with E-state index in [0.29, 0.717) is 5.57 Å². The van der Waals surface area contributed by atoms with Gasteiger partial charge in [-0.2, -0.15) is 0 Å². The maximum Gasteiger partial charge on any atom is 0.333 e. The van der Waals surface area contributed by atoms with Gasteiger partial charge in [-0.25, -0.2) is 4.79 Å². The van der Waals surface area contributed by atoms with Gasteiger partial charge >= 0.3 is 5.97 Å². The van der Waals surface area contributed by atoms with E-state index in [1.807, 2.05) is 0 Å². The zero-order chi connectivity index (χ0) is 15.3. The predicted octanol–water partition coefficient (Wildman–Crippen LogP) is 2.16. The zero-order valence-corrected chi connectivity index (χ0v) is 12.4. The number of esters is 1. The number of carbonyl (C=O) groups excluding carboxylic acids is 1. The van der Waals surface area contributed by atoms with Gasteiger partial charge in [0.15, 0.2) is 11.6 Å². The summed E-state index contributed by atoms with van der Waals surface area (Å²) in [6, 6.07) is 0. The molecule has 0 saturated carbocycles. The van der Waals surface area contributed by atoms with Crippen molar-refractivity contribution in [2.24, 2.45) is 0 Å². The van der Waals surface area contributed by atoms with Crippen molar-refractivity contribution >= 4 is 5.97 Å². The number of carbonyl (C=O) groups is 1. The largest absolute Gasteiger partial charge is 0.460 e. The Morgan fingerprint density at radius 1 is 1.42 bits per heavy atom. The lowest BCUT2D eigenvalue weighted by atomic mass is 10.2. The minimum atomic E-state index is -1.36. The summed E-state index contributed by atoms with van der Waals surface area (Å²) in [5.74, 6) is -3.01. The molecule has 0 rings (SSSR count). The molecule has 0 aliphatic rings. The molecule has 0 aromatic rings. The fourth-order valence-electron chi connectivity index (χ4n) is 1.36. The molecule has 5 heteroatoms. The summed E-state index contributed by atoms with van der Waals surface area (Å²) in [7, 11) is 0. The van der Waals surface area contributed by atoms with E-state index in [9.17, 15) is 9.90 Å². The van der Waals surface area contributed by atoms with Gasteiger partial charge < -0.3 is 19.3 Å². The Morgan fingerprint density at radius 3 is 2.32 bits per heavy atom. The maximum atomic E-state index is 11.2. The van der Waals surface area contributed by atoms with E-state index in [1.54, 1.807) is 20.8 Å². The molecule has 19 heavy (non-hydrogen) atoms. The van der Waals surface area contributed by atoms with Crippen molar-refractivity contribution in [2.45, 2.75) is 52.3 Å². The summed E-state index contributed by atoms with van der Waals surface area (Å²) in [5.41, 5.74) is 0.325. The molecule has 2 atom stereocenters. The van der Waals surface area contributed by atoms with E-state index in [2.05, 4.69) is 13.2 Å². The summed E-state index contributed by atoms with van der Waals surface area (Å²) in [6.45, 7) is 15.0. The van der Waals surface area contributed by atoms with Crippen LogP contribution in [0, 0.1) is 0 Å². The van der Waals surface area contributed by atoms with Crippen molar-refractivity contribution in [1.29, 1.82) is 0 Å². The van der Waals surface area contributed by atoms with Crippen LogP contribution in [0.3, 0.4) is 0 Å². The topological polar surface area (TPSA) is 65.0 Å². The summed E-state index contributed by atoms with van der Waals surface area (Å²) in [4.78, 5) is 11.2. The third-order valence-corrected chi connectivity index (χ3v) is 2.06. The van der Waals surface area contributed by atoms with Gasteiger partial charge in [-0.05, 0) is 40.7 Å². The lowest BCUT2D eigenvalue weighted by Crippen LogP contribution is -2.42. The molecule has 0 amide bonds. The maximum absolute atomic E-state index is 11.2. The second-order valence-electron chi connectivity index (χ2n) is 5.08. The third kappa shape index (κ3) is 7.77. The molecular formula is C14H24O5. The molecule has 0 aromatic heterocycles. The number of hydrogen-bond donors (Lipinski definition) is 1. The van der Waals surface area contributed by atoms with Gasteiger partial charge in [0, 0.05) is 5.57 Å². The molecular weight excluding hydrogens is 248 g/mol. The molecule has 0 aliphatic heterocycles. The van der Waals surface area contributed by atoms with Crippen molar-refractivity contribution in [3.63, 3.8) is 0 Å². The lowest BCUT2D eigenvalue weighted by Gasteiger charge is -2.34. The predicted molar refractivity (Wildman–Crippen MR) is 72.3 cm³/mol. The van der Waals surface area contributed by atoms with Crippen LogP contribution in [-0.2, 0) is 19.0 Å². The molecule has 0 bridgehead atoms. The van der Waals surface area contributed by atoms with Gasteiger partial charge in [-0.3, -0.25) is 0 Å². The first-order valence-electron chi connectivity index (χ1n) is 6.05. The van der Waals surface area contributed by atoms with Crippen LogP contribution in [0.25, 0.3) is 0 Å². The second kappa shape index (κ2) is 6.84. The van der Waals surface area contributed by atoms with Crippen LogP contribution >= 0.6 is 0 Å². The SMILES string of the molecule is C=CC(C)(OC(C)COC(=O)C(=C)C)OC(C)(C)O. The van der Waals surface area contributed by atoms with E-state index >= 15 is 0 Å². The number of rotatable bonds is 8. The fraction of sp³-hybridized carbons (Fsp3) is 0.643. The van der Waals surface area contributed by atoms with Crippen LogP contribution in [0.5, 0.6) is 0 Å². The Morgan fingerprint density at radius 2 is 1.95 bits per heavy atom. The van der Waals surface area contributed by atoms with Gasteiger partial charge in [-0.1, -0.05) is 13.2 Å². The van der Waals surface area contributed by atoms with E-state index in [1.165, 1.54) is 19.9 Å².